The highest BCUT2D eigenvalue weighted by Gasteiger charge is 2.29. The zero-order valence-electron chi connectivity index (χ0n) is 20.3. The van der Waals surface area contributed by atoms with E-state index in [-0.39, 0.29) is 11.8 Å². The van der Waals surface area contributed by atoms with Crippen molar-refractivity contribution in [1.82, 2.24) is 29.5 Å². The van der Waals surface area contributed by atoms with Gasteiger partial charge < -0.3 is 15.7 Å². The third kappa shape index (κ3) is 4.19. The molecule has 0 radical (unpaired) electrons. The molecular formula is C27H26BrN7O2. The van der Waals surface area contributed by atoms with Crippen molar-refractivity contribution in [3.05, 3.63) is 64.3 Å². The molecule has 1 fully saturated rings. The summed E-state index contributed by atoms with van der Waals surface area (Å²) in [5.41, 5.74) is 13.8. The second-order valence-electron chi connectivity index (χ2n) is 9.57. The number of pyridine rings is 2. The number of carbonyl (C=O) groups is 1. The van der Waals surface area contributed by atoms with E-state index >= 15 is 0 Å². The number of nitrogens with two attached hydrogens (primary N) is 1. The molecule has 1 aliphatic heterocycles. The lowest BCUT2D eigenvalue weighted by Gasteiger charge is -2.33. The highest BCUT2D eigenvalue weighted by Crippen LogP contribution is 2.37. The van der Waals surface area contributed by atoms with Crippen molar-refractivity contribution in [3.8, 4) is 22.4 Å². The number of allylic oxidation sites excluding steroid dienone is 1. The van der Waals surface area contributed by atoms with Gasteiger partial charge in [-0.3, -0.25) is 14.8 Å². The molecule has 5 heterocycles. The maximum Gasteiger partial charge on any atom is 0.251 e. The van der Waals surface area contributed by atoms with Crippen LogP contribution in [0.25, 0.3) is 34.1 Å². The van der Waals surface area contributed by atoms with Crippen LogP contribution in [0.4, 0.5) is 5.82 Å². The average molecular weight is 560 g/mol. The minimum absolute atomic E-state index is 0.129. The molecule has 1 atom stereocenters. The summed E-state index contributed by atoms with van der Waals surface area (Å²) < 4.78 is 2.36. The van der Waals surface area contributed by atoms with E-state index in [0.29, 0.717) is 24.6 Å². The number of rotatable bonds is 4. The van der Waals surface area contributed by atoms with Crippen molar-refractivity contribution in [2.45, 2.75) is 38.2 Å². The number of nitrogen functional groups attached to an aromatic ring is 1. The van der Waals surface area contributed by atoms with Crippen LogP contribution in [0, 0.1) is 0 Å². The van der Waals surface area contributed by atoms with Crippen LogP contribution in [0.15, 0.2) is 47.3 Å². The Kier molecular flexibility index (Phi) is 6.00. The van der Waals surface area contributed by atoms with Crippen molar-refractivity contribution in [2.24, 2.45) is 0 Å². The van der Waals surface area contributed by atoms with E-state index in [2.05, 4.69) is 38.2 Å². The van der Waals surface area contributed by atoms with E-state index in [1.54, 1.807) is 15.6 Å². The Morgan fingerprint density at radius 1 is 1.16 bits per heavy atom. The summed E-state index contributed by atoms with van der Waals surface area (Å²) in [4.78, 5) is 28.1. The number of likely N-dealkylation sites (tertiary alicyclic amines) is 1. The number of hydrogen-bond acceptors (Lipinski definition) is 7. The van der Waals surface area contributed by atoms with Crippen molar-refractivity contribution in [3.63, 3.8) is 0 Å². The predicted molar refractivity (Wildman–Crippen MR) is 145 cm³/mol. The van der Waals surface area contributed by atoms with Crippen LogP contribution >= 0.6 is 15.9 Å². The molecule has 2 aliphatic rings. The molecule has 1 aliphatic carbocycles. The third-order valence-corrected chi connectivity index (χ3v) is 8.00. The fourth-order valence-corrected chi connectivity index (χ4v) is 5.70. The van der Waals surface area contributed by atoms with Gasteiger partial charge in [0.25, 0.3) is 5.91 Å². The third-order valence-electron chi connectivity index (χ3n) is 7.18. The summed E-state index contributed by atoms with van der Waals surface area (Å²) in [6.45, 7) is 2.64. The highest BCUT2D eigenvalue weighted by molar-refractivity contribution is 9.10. The van der Waals surface area contributed by atoms with Crippen LogP contribution in [-0.2, 0) is 11.2 Å². The molecule has 6 rings (SSSR count). The maximum atomic E-state index is 12.2. The molecule has 0 unspecified atom stereocenters. The van der Waals surface area contributed by atoms with Crippen LogP contribution in [0.1, 0.15) is 42.6 Å². The summed E-state index contributed by atoms with van der Waals surface area (Å²) in [5, 5.41) is 14.1. The first-order valence-electron chi connectivity index (χ1n) is 12.3. The molecule has 1 saturated heterocycles. The Balaban J connectivity index is 1.30. The van der Waals surface area contributed by atoms with Gasteiger partial charge in [-0.15, -0.1) is 0 Å². The number of anilines is 1. The van der Waals surface area contributed by atoms with Gasteiger partial charge in [0.05, 0.1) is 27.8 Å². The molecule has 188 valence electrons. The highest BCUT2D eigenvalue weighted by atomic mass is 79.9. The number of amides is 1. The predicted octanol–water partition coefficient (Wildman–Crippen LogP) is 3.85. The molecule has 4 aromatic rings. The zero-order chi connectivity index (χ0) is 25.7. The average Bonchev–Trinajstić information content (AvgIpc) is 3.57. The van der Waals surface area contributed by atoms with E-state index in [9.17, 15) is 9.90 Å². The Morgan fingerprint density at radius 3 is 2.68 bits per heavy atom. The maximum absolute atomic E-state index is 12.2. The number of fused-ring (bicyclic) bond motifs is 2. The van der Waals surface area contributed by atoms with E-state index < -0.39 is 6.10 Å². The molecular weight excluding hydrogens is 534 g/mol. The molecule has 0 bridgehead atoms. The number of aliphatic hydroxyl groups is 1. The lowest BCUT2D eigenvalue weighted by Crippen LogP contribution is -2.42. The number of hydrogen-bond donors (Lipinski definition) is 2. The fraction of sp³-hybridized carbons (Fsp3) is 0.296. The molecule has 0 spiro atoms. The smallest absolute Gasteiger partial charge is 0.251 e. The molecule has 37 heavy (non-hydrogen) atoms. The second-order valence-corrected chi connectivity index (χ2v) is 10.4. The zero-order valence-corrected chi connectivity index (χ0v) is 21.9. The van der Waals surface area contributed by atoms with E-state index in [0.717, 1.165) is 57.5 Å². The number of aliphatic hydroxyl groups excluding tert-OH is 1. The van der Waals surface area contributed by atoms with Gasteiger partial charge in [-0.05, 0) is 65.9 Å². The molecule has 0 saturated carbocycles. The first-order valence-corrected chi connectivity index (χ1v) is 13.1. The number of nitrogens with zero attached hydrogens (tertiary/aromatic N) is 6. The summed E-state index contributed by atoms with van der Waals surface area (Å²) in [6, 6.07) is 6.15. The summed E-state index contributed by atoms with van der Waals surface area (Å²) in [6.07, 6.45) is 11.0. The topological polar surface area (TPSA) is 123 Å². The molecule has 10 heteroatoms. The van der Waals surface area contributed by atoms with Gasteiger partial charge in [-0.2, -0.15) is 9.61 Å². The number of carbonyl (C=O) groups excluding carboxylic acids is 1. The van der Waals surface area contributed by atoms with Crippen LogP contribution in [0.3, 0.4) is 0 Å². The van der Waals surface area contributed by atoms with Gasteiger partial charge >= 0.3 is 0 Å². The molecule has 3 N–H and O–H groups in total. The molecule has 0 aromatic carbocycles. The minimum atomic E-state index is -0.987. The summed E-state index contributed by atoms with van der Waals surface area (Å²) in [7, 11) is 0. The fourth-order valence-electron chi connectivity index (χ4n) is 5.12. The Morgan fingerprint density at radius 2 is 1.95 bits per heavy atom. The number of piperidine rings is 1. The minimum Gasteiger partial charge on any atom is -0.384 e. The lowest BCUT2D eigenvalue weighted by atomic mass is 9.93. The standard InChI is InChI=1S/C27H26BrN7O2/c1-15(36)27(37)34-9-7-16(8-10-34)24-23(28)25(29)35-26(33-24)20(14-32-35)18-5-6-22(30-12-18)19-11-17-3-2-4-21(17)31-13-19/h2,4-6,11-16,36H,3,7-10,29H2,1H3/t15-/m1/s1. The summed E-state index contributed by atoms with van der Waals surface area (Å²) >= 11 is 3.63. The number of aromatic nitrogens is 5. The summed E-state index contributed by atoms with van der Waals surface area (Å²) in [5.74, 6) is 0.378. The lowest BCUT2D eigenvalue weighted by molar-refractivity contribution is -0.140. The van der Waals surface area contributed by atoms with Crippen LogP contribution < -0.4 is 5.73 Å². The first kappa shape index (κ1) is 23.7. The van der Waals surface area contributed by atoms with Gasteiger partial charge in [0, 0.05) is 48.1 Å². The van der Waals surface area contributed by atoms with Gasteiger partial charge in [0.2, 0.25) is 0 Å². The quantitative estimate of drug-likeness (QED) is 0.389. The van der Waals surface area contributed by atoms with E-state index in [4.69, 9.17) is 15.7 Å². The van der Waals surface area contributed by atoms with Crippen molar-refractivity contribution >= 4 is 39.4 Å². The van der Waals surface area contributed by atoms with Gasteiger partial charge in [-0.25, -0.2) is 4.98 Å². The van der Waals surface area contributed by atoms with Crippen molar-refractivity contribution < 1.29 is 9.90 Å². The Bertz CT molecular complexity index is 1540. The first-order chi connectivity index (χ1) is 17.9. The monoisotopic (exact) mass is 559 g/mol. The van der Waals surface area contributed by atoms with Crippen LogP contribution in [0.2, 0.25) is 0 Å². The second kappa shape index (κ2) is 9.35. The van der Waals surface area contributed by atoms with Crippen LogP contribution in [0.5, 0.6) is 0 Å². The molecule has 1 amide bonds. The molecule has 9 nitrogen and oxygen atoms in total. The van der Waals surface area contributed by atoms with Crippen molar-refractivity contribution in [1.29, 1.82) is 0 Å². The van der Waals surface area contributed by atoms with Crippen molar-refractivity contribution in [2.75, 3.05) is 18.8 Å². The van der Waals surface area contributed by atoms with Gasteiger partial charge in [0.1, 0.15) is 11.9 Å². The Labute approximate surface area is 222 Å². The normalized spacial score (nSPS) is 16.4. The Hall–Kier alpha value is -3.63. The van der Waals surface area contributed by atoms with E-state index in [1.165, 1.54) is 12.5 Å². The van der Waals surface area contributed by atoms with E-state index in [1.807, 2.05) is 30.6 Å². The van der Waals surface area contributed by atoms with Gasteiger partial charge in [-0.1, -0.05) is 12.1 Å². The SMILES string of the molecule is C[C@@H](O)C(=O)N1CCC(c2nc3c(-c4ccc(-c5cnc6c(c5)CC=C6)nc4)cnn3c(N)c2Br)CC1. The number of halogens is 1. The van der Waals surface area contributed by atoms with Gasteiger partial charge in [0.15, 0.2) is 5.65 Å². The van der Waals surface area contributed by atoms with Crippen LogP contribution in [-0.4, -0.2) is 59.7 Å². The molecule has 4 aromatic heterocycles. The largest absolute Gasteiger partial charge is 0.384 e.